The van der Waals surface area contributed by atoms with Gasteiger partial charge in [-0.3, -0.25) is 4.79 Å². The molecule has 0 spiro atoms. The number of benzene rings is 2. The Morgan fingerprint density at radius 3 is 2.45 bits per heavy atom. The number of carbonyl (C=O) groups excluding carboxylic acids is 1. The smallest absolute Gasteiger partial charge is 0.224 e. The minimum Gasteiger partial charge on any atom is -0.349 e. The van der Waals surface area contributed by atoms with E-state index in [-0.39, 0.29) is 30.3 Å². The zero-order valence-electron chi connectivity index (χ0n) is 11.8. The number of halogens is 1. The second-order valence-corrected chi connectivity index (χ2v) is 4.97. The number of hydrogen-bond acceptors (Lipinski definition) is 2. The fourth-order valence-corrected chi connectivity index (χ4v) is 2.02. The minimum atomic E-state index is -0.150. The highest BCUT2D eigenvalue weighted by Gasteiger charge is 2.14. The zero-order chi connectivity index (χ0) is 13.8. The van der Waals surface area contributed by atoms with Crippen LogP contribution in [-0.2, 0) is 4.79 Å². The van der Waals surface area contributed by atoms with Crippen molar-refractivity contribution >= 4 is 29.1 Å². The lowest BCUT2D eigenvalue weighted by Crippen LogP contribution is -2.34. The predicted octanol–water partition coefficient (Wildman–Crippen LogP) is 3.03. The Labute approximate surface area is 126 Å². The lowest BCUT2D eigenvalue weighted by atomic mass is 10.0. The second-order valence-electron chi connectivity index (χ2n) is 4.97. The van der Waals surface area contributed by atoms with E-state index in [1.807, 2.05) is 26.0 Å². The average Bonchev–Trinajstić information content (AvgIpc) is 2.45. The van der Waals surface area contributed by atoms with Crippen molar-refractivity contribution in [2.45, 2.75) is 19.9 Å². The van der Waals surface area contributed by atoms with Crippen LogP contribution in [-0.4, -0.2) is 12.5 Å². The summed E-state index contributed by atoms with van der Waals surface area (Å²) in [5, 5.41) is 5.39. The molecule has 0 radical (unpaired) electrons. The van der Waals surface area contributed by atoms with Crippen molar-refractivity contribution in [1.82, 2.24) is 5.32 Å². The Morgan fingerprint density at radius 2 is 1.80 bits per heavy atom. The van der Waals surface area contributed by atoms with E-state index < -0.39 is 0 Å². The lowest BCUT2D eigenvalue weighted by Gasteiger charge is -2.17. The van der Waals surface area contributed by atoms with Gasteiger partial charge in [-0.25, -0.2) is 0 Å². The van der Waals surface area contributed by atoms with Crippen LogP contribution >= 0.6 is 12.4 Å². The van der Waals surface area contributed by atoms with Crippen LogP contribution in [0.1, 0.15) is 25.5 Å². The first-order chi connectivity index (χ1) is 9.11. The van der Waals surface area contributed by atoms with Crippen LogP contribution < -0.4 is 11.1 Å². The standard InChI is InChI=1S/C16H20N2O.ClH/c1-11(10-17)16(19)18-12(2)14-8-7-13-5-3-4-6-15(13)9-14;/h3-9,11-12H,10,17H2,1-2H3,(H,18,19);1H. The van der Waals surface area contributed by atoms with Gasteiger partial charge in [0.05, 0.1) is 6.04 Å². The van der Waals surface area contributed by atoms with Gasteiger partial charge in [0.2, 0.25) is 5.91 Å². The predicted molar refractivity (Wildman–Crippen MR) is 86.0 cm³/mol. The third-order valence-electron chi connectivity index (χ3n) is 3.43. The van der Waals surface area contributed by atoms with Crippen LogP contribution in [0.3, 0.4) is 0 Å². The fourth-order valence-electron chi connectivity index (χ4n) is 2.02. The van der Waals surface area contributed by atoms with Crippen LogP contribution in [0.2, 0.25) is 0 Å². The van der Waals surface area contributed by atoms with E-state index >= 15 is 0 Å². The van der Waals surface area contributed by atoms with Gasteiger partial charge >= 0.3 is 0 Å². The number of hydrogen-bond donors (Lipinski definition) is 2. The Hall–Kier alpha value is -1.58. The van der Waals surface area contributed by atoms with Crippen molar-refractivity contribution < 1.29 is 4.79 Å². The normalized spacial score (nSPS) is 13.3. The summed E-state index contributed by atoms with van der Waals surface area (Å²) in [6, 6.07) is 14.5. The molecule has 2 aromatic rings. The van der Waals surface area contributed by atoms with Gasteiger partial charge in [0.1, 0.15) is 0 Å². The van der Waals surface area contributed by atoms with E-state index in [0.717, 1.165) is 5.56 Å². The van der Waals surface area contributed by atoms with Gasteiger partial charge in [-0.1, -0.05) is 43.3 Å². The summed E-state index contributed by atoms with van der Waals surface area (Å²) in [6.45, 7) is 4.20. The molecule has 0 aliphatic heterocycles. The molecule has 2 unspecified atom stereocenters. The maximum atomic E-state index is 11.8. The third-order valence-corrected chi connectivity index (χ3v) is 3.43. The molecule has 20 heavy (non-hydrogen) atoms. The van der Waals surface area contributed by atoms with Crippen molar-refractivity contribution in [3.8, 4) is 0 Å². The van der Waals surface area contributed by atoms with E-state index in [0.29, 0.717) is 6.54 Å². The molecule has 4 heteroatoms. The fraction of sp³-hybridized carbons (Fsp3) is 0.312. The van der Waals surface area contributed by atoms with Gasteiger partial charge in [0, 0.05) is 12.5 Å². The van der Waals surface area contributed by atoms with Crippen LogP contribution in [0, 0.1) is 5.92 Å². The maximum Gasteiger partial charge on any atom is 0.224 e. The Kier molecular flexibility index (Phi) is 5.99. The Balaban J connectivity index is 0.00000200. The summed E-state index contributed by atoms with van der Waals surface area (Å²) in [5.41, 5.74) is 6.61. The summed E-state index contributed by atoms with van der Waals surface area (Å²) in [5.74, 6) is -0.147. The minimum absolute atomic E-state index is 0. The number of carbonyl (C=O) groups is 1. The van der Waals surface area contributed by atoms with Crippen molar-refractivity contribution in [1.29, 1.82) is 0 Å². The van der Waals surface area contributed by atoms with Gasteiger partial charge in [0.25, 0.3) is 0 Å². The van der Waals surface area contributed by atoms with Gasteiger partial charge < -0.3 is 11.1 Å². The SMILES string of the molecule is CC(CN)C(=O)NC(C)c1ccc2ccccc2c1.Cl. The Bertz CT molecular complexity index is 585. The number of nitrogens with one attached hydrogen (secondary N) is 1. The Morgan fingerprint density at radius 1 is 1.15 bits per heavy atom. The molecule has 3 nitrogen and oxygen atoms in total. The van der Waals surface area contributed by atoms with Crippen molar-refractivity contribution in [3.63, 3.8) is 0 Å². The van der Waals surface area contributed by atoms with Gasteiger partial charge in [-0.2, -0.15) is 0 Å². The molecule has 0 saturated carbocycles. The molecule has 3 N–H and O–H groups in total. The molecule has 0 aliphatic carbocycles. The highest BCUT2D eigenvalue weighted by molar-refractivity contribution is 5.85. The third kappa shape index (κ3) is 3.71. The molecular weight excluding hydrogens is 272 g/mol. The molecular formula is C16H21ClN2O. The van der Waals surface area contributed by atoms with Crippen LogP contribution in [0.4, 0.5) is 0 Å². The molecule has 2 rings (SSSR count). The topological polar surface area (TPSA) is 55.1 Å². The van der Waals surface area contributed by atoms with Crippen LogP contribution in [0.15, 0.2) is 42.5 Å². The van der Waals surface area contributed by atoms with E-state index in [1.165, 1.54) is 10.8 Å². The molecule has 1 amide bonds. The summed E-state index contributed by atoms with van der Waals surface area (Å²) >= 11 is 0. The number of fused-ring (bicyclic) bond motifs is 1. The molecule has 0 fully saturated rings. The van der Waals surface area contributed by atoms with Crippen molar-refractivity contribution in [3.05, 3.63) is 48.0 Å². The molecule has 0 aromatic heterocycles. The summed E-state index contributed by atoms with van der Waals surface area (Å²) in [7, 11) is 0. The van der Waals surface area contributed by atoms with E-state index in [2.05, 4.69) is 35.6 Å². The van der Waals surface area contributed by atoms with Gasteiger partial charge in [-0.15, -0.1) is 12.4 Å². The molecule has 0 aliphatic rings. The highest BCUT2D eigenvalue weighted by atomic mass is 35.5. The zero-order valence-corrected chi connectivity index (χ0v) is 12.6. The molecule has 2 aromatic carbocycles. The first-order valence-corrected chi connectivity index (χ1v) is 6.61. The summed E-state index contributed by atoms with van der Waals surface area (Å²) in [4.78, 5) is 11.8. The first-order valence-electron chi connectivity index (χ1n) is 6.61. The second kappa shape index (κ2) is 7.27. The number of rotatable bonds is 4. The largest absolute Gasteiger partial charge is 0.349 e. The molecule has 108 valence electrons. The molecule has 0 heterocycles. The van der Waals surface area contributed by atoms with Crippen LogP contribution in [0.25, 0.3) is 10.8 Å². The van der Waals surface area contributed by atoms with E-state index in [9.17, 15) is 4.79 Å². The van der Waals surface area contributed by atoms with Gasteiger partial charge in [0.15, 0.2) is 0 Å². The molecule has 2 atom stereocenters. The highest BCUT2D eigenvalue weighted by Crippen LogP contribution is 2.20. The maximum absolute atomic E-state index is 11.8. The van der Waals surface area contributed by atoms with E-state index in [4.69, 9.17) is 5.73 Å². The van der Waals surface area contributed by atoms with E-state index in [1.54, 1.807) is 0 Å². The lowest BCUT2D eigenvalue weighted by molar-refractivity contribution is -0.124. The first kappa shape index (κ1) is 16.5. The number of amides is 1. The molecule has 0 bridgehead atoms. The number of nitrogens with two attached hydrogens (primary N) is 1. The summed E-state index contributed by atoms with van der Waals surface area (Å²) in [6.07, 6.45) is 0. The van der Waals surface area contributed by atoms with Gasteiger partial charge in [-0.05, 0) is 29.3 Å². The summed E-state index contributed by atoms with van der Waals surface area (Å²) < 4.78 is 0. The molecule has 0 saturated heterocycles. The van der Waals surface area contributed by atoms with Crippen LogP contribution in [0.5, 0.6) is 0 Å². The monoisotopic (exact) mass is 292 g/mol. The quantitative estimate of drug-likeness (QED) is 0.910. The average molecular weight is 293 g/mol. The van der Waals surface area contributed by atoms with Crippen molar-refractivity contribution in [2.75, 3.05) is 6.54 Å². The van der Waals surface area contributed by atoms with Crippen molar-refractivity contribution in [2.24, 2.45) is 11.7 Å².